The monoisotopic (exact) mass is 303 g/mol. The van der Waals surface area contributed by atoms with Crippen LogP contribution in [0.5, 0.6) is 0 Å². The summed E-state index contributed by atoms with van der Waals surface area (Å²) >= 11 is 0. The second kappa shape index (κ2) is 6.75. The molecule has 22 heavy (non-hydrogen) atoms. The Morgan fingerprint density at radius 1 is 1.50 bits per heavy atom. The SMILES string of the molecule is C/C=C/CC(NC(=O)c1cc(-c2ccc(C)o2)[nH]n1)C(=O)O. The van der Waals surface area contributed by atoms with E-state index in [-0.39, 0.29) is 12.1 Å². The first-order valence-corrected chi connectivity index (χ1v) is 6.78. The molecule has 116 valence electrons. The van der Waals surface area contributed by atoms with Crippen LogP contribution in [0.3, 0.4) is 0 Å². The van der Waals surface area contributed by atoms with Crippen LogP contribution in [0.4, 0.5) is 0 Å². The minimum absolute atomic E-state index is 0.107. The molecule has 1 amide bonds. The van der Waals surface area contributed by atoms with E-state index in [0.717, 1.165) is 5.76 Å². The number of nitrogens with one attached hydrogen (secondary N) is 2. The van der Waals surface area contributed by atoms with Gasteiger partial charge in [0, 0.05) is 6.07 Å². The maximum Gasteiger partial charge on any atom is 0.326 e. The molecule has 0 radical (unpaired) electrons. The number of aromatic nitrogens is 2. The Kier molecular flexibility index (Phi) is 4.77. The van der Waals surface area contributed by atoms with Gasteiger partial charge in [-0.3, -0.25) is 9.89 Å². The predicted molar refractivity (Wildman–Crippen MR) is 79.3 cm³/mol. The predicted octanol–water partition coefficient (Wildman–Crippen LogP) is 2.13. The molecule has 1 atom stereocenters. The molecule has 0 fully saturated rings. The van der Waals surface area contributed by atoms with Gasteiger partial charge in [0.1, 0.15) is 17.5 Å². The Bertz CT molecular complexity index is 699. The Morgan fingerprint density at radius 2 is 2.27 bits per heavy atom. The van der Waals surface area contributed by atoms with Gasteiger partial charge in [-0.2, -0.15) is 5.10 Å². The Morgan fingerprint density at radius 3 is 2.86 bits per heavy atom. The van der Waals surface area contributed by atoms with Gasteiger partial charge < -0.3 is 14.8 Å². The number of hydrogen-bond donors (Lipinski definition) is 3. The molecule has 0 aliphatic carbocycles. The van der Waals surface area contributed by atoms with E-state index in [1.165, 1.54) is 6.07 Å². The number of carbonyl (C=O) groups is 2. The van der Waals surface area contributed by atoms with Crippen LogP contribution in [0.1, 0.15) is 29.6 Å². The highest BCUT2D eigenvalue weighted by molar-refractivity contribution is 5.95. The topological polar surface area (TPSA) is 108 Å². The quantitative estimate of drug-likeness (QED) is 0.708. The molecule has 2 aromatic heterocycles. The number of aryl methyl sites for hydroxylation is 1. The molecular weight excluding hydrogens is 286 g/mol. The number of hydrogen-bond acceptors (Lipinski definition) is 4. The van der Waals surface area contributed by atoms with Crippen molar-refractivity contribution in [2.75, 3.05) is 0 Å². The standard InChI is InChI=1S/C15H17N3O4/c1-3-4-5-10(15(20)21)16-14(19)12-8-11(17-18-12)13-7-6-9(2)22-13/h3-4,6-8,10H,5H2,1-2H3,(H,16,19)(H,17,18)(H,20,21)/b4-3+. The van der Waals surface area contributed by atoms with Crippen molar-refractivity contribution in [3.63, 3.8) is 0 Å². The van der Waals surface area contributed by atoms with Gasteiger partial charge in [-0.25, -0.2) is 4.79 Å². The molecule has 7 nitrogen and oxygen atoms in total. The van der Waals surface area contributed by atoms with E-state index in [9.17, 15) is 9.59 Å². The number of aromatic amines is 1. The maximum absolute atomic E-state index is 12.1. The zero-order valence-electron chi connectivity index (χ0n) is 12.3. The molecule has 0 bridgehead atoms. The summed E-state index contributed by atoms with van der Waals surface area (Å²) in [5, 5.41) is 18.1. The van der Waals surface area contributed by atoms with E-state index in [0.29, 0.717) is 11.5 Å². The second-order valence-corrected chi connectivity index (χ2v) is 4.75. The van der Waals surface area contributed by atoms with Crippen molar-refractivity contribution < 1.29 is 19.1 Å². The fourth-order valence-corrected chi connectivity index (χ4v) is 1.87. The van der Waals surface area contributed by atoms with Crippen molar-refractivity contribution in [3.8, 4) is 11.5 Å². The van der Waals surface area contributed by atoms with E-state index >= 15 is 0 Å². The number of amides is 1. The summed E-state index contributed by atoms with van der Waals surface area (Å²) in [6.45, 7) is 3.60. The largest absolute Gasteiger partial charge is 0.480 e. The number of nitrogens with zero attached hydrogens (tertiary/aromatic N) is 1. The first-order valence-electron chi connectivity index (χ1n) is 6.78. The third-order valence-corrected chi connectivity index (χ3v) is 3.03. The summed E-state index contributed by atoms with van der Waals surface area (Å²) in [5.74, 6) is -0.341. The van der Waals surface area contributed by atoms with E-state index in [1.807, 2.05) is 6.92 Å². The van der Waals surface area contributed by atoms with Crippen molar-refractivity contribution in [2.24, 2.45) is 0 Å². The van der Waals surface area contributed by atoms with Gasteiger partial charge in [-0.1, -0.05) is 12.2 Å². The normalized spacial score (nSPS) is 12.5. The number of allylic oxidation sites excluding steroid dienone is 1. The lowest BCUT2D eigenvalue weighted by atomic mass is 10.2. The van der Waals surface area contributed by atoms with E-state index in [4.69, 9.17) is 9.52 Å². The van der Waals surface area contributed by atoms with E-state index < -0.39 is 17.9 Å². The average molecular weight is 303 g/mol. The number of furan rings is 1. The van der Waals surface area contributed by atoms with Crippen LogP contribution < -0.4 is 5.32 Å². The zero-order valence-corrected chi connectivity index (χ0v) is 12.3. The van der Waals surface area contributed by atoms with Crippen LogP contribution in [0.15, 0.2) is 34.8 Å². The summed E-state index contributed by atoms with van der Waals surface area (Å²) in [6, 6.07) is 4.08. The van der Waals surface area contributed by atoms with Gasteiger partial charge in [0.25, 0.3) is 5.91 Å². The van der Waals surface area contributed by atoms with Crippen LogP contribution in [-0.2, 0) is 4.79 Å². The fourth-order valence-electron chi connectivity index (χ4n) is 1.87. The van der Waals surface area contributed by atoms with Crippen LogP contribution in [0.2, 0.25) is 0 Å². The lowest BCUT2D eigenvalue weighted by molar-refractivity contribution is -0.139. The van der Waals surface area contributed by atoms with Gasteiger partial charge in [0.2, 0.25) is 0 Å². The third-order valence-electron chi connectivity index (χ3n) is 3.03. The number of carboxylic acids is 1. The van der Waals surface area contributed by atoms with E-state index in [1.54, 1.807) is 31.2 Å². The van der Waals surface area contributed by atoms with E-state index in [2.05, 4.69) is 15.5 Å². The van der Waals surface area contributed by atoms with Crippen molar-refractivity contribution >= 4 is 11.9 Å². The van der Waals surface area contributed by atoms with Gasteiger partial charge in [-0.05, 0) is 32.4 Å². The van der Waals surface area contributed by atoms with Gasteiger partial charge >= 0.3 is 5.97 Å². The first-order chi connectivity index (χ1) is 10.5. The molecular formula is C15H17N3O4. The summed E-state index contributed by atoms with van der Waals surface area (Å²) in [5.41, 5.74) is 0.661. The lowest BCUT2D eigenvalue weighted by Crippen LogP contribution is -2.40. The van der Waals surface area contributed by atoms with Crippen molar-refractivity contribution in [3.05, 3.63) is 41.8 Å². The van der Waals surface area contributed by atoms with Crippen LogP contribution in [0.25, 0.3) is 11.5 Å². The Balaban J connectivity index is 2.09. The van der Waals surface area contributed by atoms with Crippen molar-refractivity contribution in [1.82, 2.24) is 15.5 Å². The van der Waals surface area contributed by atoms with Gasteiger partial charge in [0.15, 0.2) is 11.5 Å². The minimum atomic E-state index is -1.09. The summed E-state index contributed by atoms with van der Waals surface area (Å²) < 4.78 is 5.43. The van der Waals surface area contributed by atoms with Gasteiger partial charge in [0.05, 0.1) is 0 Å². The van der Waals surface area contributed by atoms with Crippen molar-refractivity contribution in [2.45, 2.75) is 26.3 Å². The molecule has 0 saturated heterocycles. The minimum Gasteiger partial charge on any atom is -0.480 e. The maximum atomic E-state index is 12.1. The number of carboxylic acid groups (broad SMARTS) is 1. The average Bonchev–Trinajstić information content (AvgIpc) is 3.11. The molecule has 0 saturated carbocycles. The van der Waals surface area contributed by atoms with Crippen LogP contribution in [0, 0.1) is 6.92 Å². The smallest absolute Gasteiger partial charge is 0.326 e. The molecule has 2 rings (SSSR count). The van der Waals surface area contributed by atoms with Crippen LogP contribution in [-0.4, -0.2) is 33.2 Å². The molecule has 2 heterocycles. The summed E-state index contributed by atoms with van der Waals surface area (Å²) in [6.07, 6.45) is 3.63. The summed E-state index contributed by atoms with van der Waals surface area (Å²) in [7, 11) is 0. The molecule has 7 heteroatoms. The van der Waals surface area contributed by atoms with Gasteiger partial charge in [-0.15, -0.1) is 0 Å². The third kappa shape index (κ3) is 3.63. The Labute approximate surface area is 127 Å². The highest BCUT2D eigenvalue weighted by Gasteiger charge is 2.21. The number of H-pyrrole nitrogens is 1. The number of aliphatic carboxylic acids is 1. The number of rotatable bonds is 6. The molecule has 1 unspecified atom stereocenters. The lowest BCUT2D eigenvalue weighted by Gasteiger charge is -2.11. The molecule has 0 aliphatic rings. The van der Waals surface area contributed by atoms with Crippen molar-refractivity contribution in [1.29, 1.82) is 0 Å². The number of carbonyl (C=O) groups excluding carboxylic acids is 1. The highest BCUT2D eigenvalue weighted by Crippen LogP contribution is 2.20. The molecule has 0 aliphatic heterocycles. The second-order valence-electron chi connectivity index (χ2n) is 4.75. The van der Waals surface area contributed by atoms with Crippen LogP contribution >= 0.6 is 0 Å². The molecule has 0 aromatic carbocycles. The highest BCUT2D eigenvalue weighted by atomic mass is 16.4. The fraction of sp³-hybridized carbons (Fsp3) is 0.267. The zero-order chi connectivity index (χ0) is 16.1. The molecule has 2 aromatic rings. The summed E-state index contributed by atoms with van der Waals surface area (Å²) in [4.78, 5) is 23.2. The Hall–Kier alpha value is -2.83. The first kappa shape index (κ1) is 15.6. The molecule has 0 spiro atoms. The molecule has 3 N–H and O–H groups in total.